The quantitative estimate of drug-likeness (QED) is 0.768. The molecule has 1 aromatic heterocycles. The highest BCUT2D eigenvalue weighted by Gasteiger charge is 2.42. The molecule has 11 heteroatoms. The van der Waals surface area contributed by atoms with Gasteiger partial charge in [-0.25, -0.2) is 9.78 Å². The molecule has 2 aromatic rings. The molecule has 2 fully saturated rings. The van der Waals surface area contributed by atoms with Crippen molar-refractivity contribution < 1.29 is 32.6 Å². The fourth-order valence-corrected chi connectivity index (χ4v) is 3.56. The topological polar surface area (TPSA) is 95.9 Å². The Bertz CT molecular complexity index is 926. The minimum absolute atomic E-state index is 0.0220. The second-order valence-corrected chi connectivity index (χ2v) is 7.06. The van der Waals surface area contributed by atoms with Gasteiger partial charge in [0, 0.05) is 37.6 Å². The van der Waals surface area contributed by atoms with E-state index >= 15 is 0 Å². The summed E-state index contributed by atoms with van der Waals surface area (Å²) in [6.45, 7) is 4.65. The minimum atomic E-state index is -5.08. The first-order chi connectivity index (χ1) is 14.7. The van der Waals surface area contributed by atoms with Crippen molar-refractivity contribution >= 4 is 17.7 Å². The van der Waals surface area contributed by atoms with Crippen molar-refractivity contribution in [3.05, 3.63) is 54.0 Å². The van der Waals surface area contributed by atoms with Gasteiger partial charge in [0.2, 0.25) is 0 Å². The highest BCUT2D eigenvalue weighted by atomic mass is 19.4. The lowest BCUT2D eigenvalue weighted by molar-refractivity contribution is -0.192. The largest absolute Gasteiger partial charge is 0.490 e. The summed E-state index contributed by atoms with van der Waals surface area (Å²) in [5.41, 5.74) is 1.77. The molecular formula is C20H21F3N4O4. The number of aromatic nitrogens is 2. The Kier molecular flexibility index (Phi) is 6.74. The number of alkyl halides is 3. The molecule has 2 saturated heterocycles. The van der Waals surface area contributed by atoms with Crippen LogP contribution in [0.15, 0.2) is 42.9 Å². The summed E-state index contributed by atoms with van der Waals surface area (Å²) in [5, 5.41) is 7.12. The van der Waals surface area contributed by atoms with Crippen LogP contribution in [0.1, 0.15) is 15.9 Å². The van der Waals surface area contributed by atoms with Crippen molar-refractivity contribution in [3.8, 4) is 0 Å². The highest BCUT2D eigenvalue weighted by Crippen LogP contribution is 2.27. The van der Waals surface area contributed by atoms with Gasteiger partial charge in [-0.2, -0.15) is 13.2 Å². The predicted molar refractivity (Wildman–Crippen MR) is 104 cm³/mol. The first kappa shape index (κ1) is 22.5. The van der Waals surface area contributed by atoms with Crippen molar-refractivity contribution in [2.45, 2.75) is 25.2 Å². The van der Waals surface area contributed by atoms with Crippen LogP contribution in [0.4, 0.5) is 19.0 Å². The zero-order valence-corrected chi connectivity index (χ0v) is 16.6. The van der Waals surface area contributed by atoms with Crippen molar-refractivity contribution in [2.24, 2.45) is 0 Å². The second kappa shape index (κ2) is 9.29. The lowest BCUT2D eigenvalue weighted by Gasteiger charge is -2.37. The van der Waals surface area contributed by atoms with Gasteiger partial charge in [0.25, 0.3) is 5.91 Å². The van der Waals surface area contributed by atoms with Gasteiger partial charge in [-0.1, -0.05) is 18.2 Å². The second-order valence-electron chi connectivity index (χ2n) is 7.06. The van der Waals surface area contributed by atoms with Crippen molar-refractivity contribution in [1.82, 2.24) is 14.9 Å². The molecule has 166 valence electrons. The smallest absolute Gasteiger partial charge is 0.475 e. The molecule has 8 nitrogen and oxygen atoms in total. The number of morpholine rings is 1. The van der Waals surface area contributed by atoms with E-state index in [0.717, 1.165) is 23.5 Å². The Labute approximate surface area is 176 Å². The van der Waals surface area contributed by atoms with E-state index in [0.29, 0.717) is 19.7 Å². The number of benzene rings is 1. The Balaban J connectivity index is 0.000000339. The van der Waals surface area contributed by atoms with Crippen molar-refractivity contribution in [1.29, 1.82) is 0 Å². The molecule has 0 bridgehead atoms. The number of likely N-dealkylation sites (tertiary alicyclic amines) is 1. The van der Waals surface area contributed by atoms with E-state index < -0.39 is 12.1 Å². The van der Waals surface area contributed by atoms with Gasteiger partial charge in [-0.3, -0.25) is 9.78 Å². The molecule has 2 aliphatic rings. The normalized spacial score (nSPS) is 20.5. The number of fused-ring (bicyclic) bond motifs is 1. The molecule has 0 aliphatic carbocycles. The maximum atomic E-state index is 12.9. The van der Waals surface area contributed by atoms with Crippen LogP contribution in [-0.2, 0) is 9.53 Å². The van der Waals surface area contributed by atoms with Gasteiger partial charge in [-0.05, 0) is 18.6 Å². The number of hydrogen-bond donors (Lipinski definition) is 1. The van der Waals surface area contributed by atoms with E-state index in [-0.39, 0.29) is 18.1 Å². The third kappa shape index (κ3) is 5.29. The number of carbonyl (C=O) groups excluding carboxylic acids is 1. The van der Waals surface area contributed by atoms with Gasteiger partial charge >= 0.3 is 12.1 Å². The first-order valence-electron chi connectivity index (χ1n) is 9.47. The molecule has 31 heavy (non-hydrogen) atoms. The number of anilines is 1. The molecule has 2 aliphatic heterocycles. The SMILES string of the molecule is Cc1ccccc1C(=O)N1C[C@@H]2OCCN(c3cnccn3)[C@@H]2C1.O=C(O)C(F)(F)F. The number of carboxylic acid groups (broad SMARTS) is 1. The number of halogens is 3. The van der Waals surface area contributed by atoms with Crippen LogP contribution in [0.25, 0.3) is 0 Å². The van der Waals surface area contributed by atoms with Gasteiger partial charge in [0.05, 0.1) is 24.9 Å². The predicted octanol–water partition coefficient (Wildman–Crippen LogP) is 2.15. The Morgan fingerprint density at radius 3 is 2.52 bits per heavy atom. The average molecular weight is 438 g/mol. The van der Waals surface area contributed by atoms with E-state index in [4.69, 9.17) is 14.6 Å². The molecule has 2 atom stereocenters. The molecule has 4 rings (SSSR count). The molecule has 0 radical (unpaired) electrons. The van der Waals surface area contributed by atoms with E-state index in [9.17, 15) is 18.0 Å². The fourth-order valence-electron chi connectivity index (χ4n) is 3.56. The number of hydrogen-bond acceptors (Lipinski definition) is 6. The van der Waals surface area contributed by atoms with Crippen LogP contribution in [0.2, 0.25) is 0 Å². The monoisotopic (exact) mass is 438 g/mol. The molecule has 1 aromatic carbocycles. The summed E-state index contributed by atoms with van der Waals surface area (Å²) in [6.07, 6.45) is 0.0808. The van der Waals surface area contributed by atoms with Gasteiger partial charge in [0.1, 0.15) is 5.82 Å². The van der Waals surface area contributed by atoms with Crippen LogP contribution in [-0.4, -0.2) is 76.4 Å². The number of ether oxygens (including phenoxy) is 1. The summed E-state index contributed by atoms with van der Waals surface area (Å²) in [6, 6.07) is 7.85. The summed E-state index contributed by atoms with van der Waals surface area (Å²) in [4.78, 5) is 34.5. The number of nitrogens with zero attached hydrogens (tertiary/aromatic N) is 4. The maximum Gasteiger partial charge on any atom is 0.490 e. The summed E-state index contributed by atoms with van der Waals surface area (Å²) in [5.74, 6) is -1.83. The highest BCUT2D eigenvalue weighted by molar-refractivity contribution is 5.96. The summed E-state index contributed by atoms with van der Waals surface area (Å²) >= 11 is 0. The van der Waals surface area contributed by atoms with Crippen LogP contribution in [0.5, 0.6) is 0 Å². The Morgan fingerprint density at radius 1 is 1.19 bits per heavy atom. The zero-order valence-electron chi connectivity index (χ0n) is 16.6. The Hall–Kier alpha value is -3.21. The molecule has 0 spiro atoms. The lowest BCUT2D eigenvalue weighted by Crippen LogP contribution is -2.51. The molecule has 3 heterocycles. The van der Waals surface area contributed by atoms with Gasteiger partial charge in [-0.15, -0.1) is 0 Å². The number of amides is 1. The maximum absolute atomic E-state index is 12.9. The van der Waals surface area contributed by atoms with Gasteiger partial charge in [0.15, 0.2) is 0 Å². The minimum Gasteiger partial charge on any atom is -0.475 e. The van der Waals surface area contributed by atoms with Crippen LogP contribution in [0, 0.1) is 6.92 Å². The van der Waals surface area contributed by atoms with Crippen molar-refractivity contribution in [2.75, 3.05) is 31.1 Å². The molecule has 0 unspecified atom stereocenters. The van der Waals surface area contributed by atoms with E-state index in [1.54, 1.807) is 18.6 Å². The van der Waals surface area contributed by atoms with E-state index in [1.165, 1.54) is 0 Å². The molecule has 1 amide bonds. The third-order valence-electron chi connectivity index (χ3n) is 5.05. The van der Waals surface area contributed by atoms with Crippen molar-refractivity contribution in [3.63, 3.8) is 0 Å². The number of rotatable bonds is 2. The summed E-state index contributed by atoms with van der Waals surface area (Å²) < 4.78 is 37.7. The average Bonchev–Trinajstić information content (AvgIpc) is 3.18. The standard InChI is InChI=1S/C18H20N4O2.C2HF3O2/c1-13-4-2-3-5-14(13)18(23)21-11-15-16(12-21)24-9-8-22(15)17-10-19-6-7-20-17;3-2(4,5)1(6)7/h2-7,10,15-16H,8-9,11-12H2,1H3;(H,6,7)/t15-,16+;/m1./s1. The fraction of sp³-hybridized carbons (Fsp3) is 0.400. The van der Waals surface area contributed by atoms with Gasteiger partial charge < -0.3 is 19.6 Å². The van der Waals surface area contributed by atoms with E-state index in [2.05, 4.69) is 14.9 Å². The number of carbonyl (C=O) groups is 2. The van der Waals surface area contributed by atoms with Crippen LogP contribution >= 0.6 is 0 Å². The molecular weight excluding hydrogens is 417 g/mol. The first-order valence-corrected chi connectivity index (χ1v) is 9.47. The molecule has 0 saturated carbocycles. The van der Waals surface area contributed by atoms with E-state index in [1.807, 2.05) is 36.1 Å². The molecule has 1 N–H and O–H groups in total. The van der Waals surface area contributed by atoms with Crippen LogP contribution in [0.3, 0.4) is 0 Å². The van der Waals surface area contributed by atoms with Crippen LogP contribution < -0.4 is 4.90 Å². The zero-order chi connectivity index (χ0) is 22.6. The Morgan fingerprint density at radius 2 is 1.90 bits per heavy atom. The number of aliphatic carboxylic acids is 1. The number of carboxylic acids is 1. The lowest BCUT2D eigenvalue weighted by atomic mass is 10.1. The number of aryl methyl sites for hydroxylation is 1. The third-order valence-corrected chi connectivity index (χ3v) is 5.05. The summed E-state index contributed by atoms with van der Waals surface area (Å²) in [7, 11) is 0.